The molecular formula is C21H27FN4O2. The molecule has 28 heavy (non-hydrogen) atoms. The van der Waals surface area contributed by atoms with Crippen LogP contribution in [-0.4, -0.2) is 48.9 Å². The van der Waals surface area contributed by atoms with Gasteiger partial charge in [0.1, 0.15) is 17.6 Å². The number of anilines is 2. The van der Waals surface area contributed by atoms with Crippen LogP contribution < -0.4 is 14.5 Å². The molecule has 0 amide bonds. The van der Waals surface area contributed by atoms with Crippen LogP contribution in [0.25, 0.3) is 0 Å². The van der Waals surface area contributed by atoms with Gasteiger partial charge in [-0.2, -0.15) is 4.98 Å². The molecule has 1 saturated heterocycles. The highest BCUT2D eigenvalue weighted by molar-refractivity contribution is 5.76. The molecule has 3 rings (SSSR count). The molecule has 0 aliphatic carbocycles. The van der Waals surface area contributed by atoms with Crippen molar-refractivity contribution >= 4 is 17.5 Å². The van der Waals surface area contributed by atoms with E-state index < -0.39 is 25.7 Å². The molecule has 1 fully saturated rings. The van der Waals surface area contributed by atoms with Crippen molar-refractivity contribution in [2.24, 2.45) is 0 Å². The molecule has 1 aromatic carbocycles. The predicted molar refractivity (Wildman–Crippen MR) is 108 cm³/mol. The summed E-state index contributed by atoms with van der Waals surface area (Å²) in [7, 11) is 0. The summed E-state index contributed by atoms with van der Waals surface area (Å²) in [4.78, 5) is 20.6. The van der Waals surface area contributed by atoms with E-state index >= 15 is 0 Å². The number of hydrogen-bond donors (Lipinski definition) is 0. The van der Waals surface area contributed by atoms with E-state index in [1.165, 1.54) is 0 Å². The predicted octanol–water partition coefficient (Wildman–Crippen LogP) is 3.42. The van der Waals surface area contributed by atoms with Crippen molar-refractivity contribution < 1.29 is 22.1 Å². The van der Waals surface area contributed by atoms with Gasteiger partial charge in [0.05, 0.1) is 12.7 Å². The molecule has 0 radical (unpaired) electrons. The Labute approximate surface area is 173 Å². The molecule has 7 heteroatoms. The summed E-state index contributed by atoms with van der Waals surface area (Å²) in [6.45, 7) is -1.87. The van der Waals surface area contributed by atoms with E-state index in [-0.39, 0.29) is 35.1 Å². The SMILES string of the molecule is [2H]C([2H])([2H])N(c1ncc(F)c(N2CC[C@@H](Oc3ccc([C@H](C)CC(C)=O)cc3)C2)n1)C([2H])([2H])[2H]. The quantitative estimate of drug-likeness (QED) is 0.720. The lowest BCUT2D eigenvalue weighted by molar-refractivity contribution is -0.117. The minimum absolute atomic E-state index is 0.104. The monoisotopic (exact) mass is 392 g/mol. The Bertz CT molecular complexity index is 1000. The largest absolute Gasteiger partial charge is 0.489 e. The topological polar surface area (TPSA) is 58.6 Å². The average Bonchev–Trinajstić information content (AvgIpc) is 3.15. The summed E-state index contributed by atoms with van der Waals surface area (Å²) in [6.07, 6.45) is 1.52. The molecule has 6 nitrogen and oxygen atoms in total. The van der Waals surface area contributed by atoms with E-state index in [0.29, 0.717) is 25.1 Å². The van der Waals surface area contributed by atoms with Gasteiger partial charge >= 0.3 is 0 Å². The Morgan fingerprint density at radius 3 is 2.86 bits per heavy atom. The van der Waals surface area contributed by atoms with Gasteiger partial charge in [-0.1, -0.05) is 19.1 Å². The van der Waals surface area contributed by atoms with Crippen molar-refractivity contribution in [2.45, 2.75) is 38.7 Å². The number of aromatic nitrogens is 2. The molecule has 0 unspecified atom stereocenters. The molecule has 0 bridgehead atoms. The molecule has 0 saturated carbocycles. The van der Waals surface area contributed by atoms with Crippen LogP contribution in [0, 0.1) is 5.82 Å². The van der Waals surface area contributed by atoms with E-state index in [2.05, 4.69) is 9.97 Å². The fourth-order valence-corrected chi connectivity index (χ4v) is 3.31. The van der Waals surface area contributed by atoms with Crippen LogP contribution in [0.1, 0.15) is 46.4 Å². The van der Waals surface area contributed by atoms with E-state index in [1.807, 2.05) is 31.2 Å². The first kappa shape index (κ1) is 13.5. The average molecular weight is 393 g/mol. The molecule has 1 aromatic heterocycles. The summed E-state index contributed by atoms with van der Waals surface area (Å²) in [5.74, 6) is -0.707. The number of ether oxygens (including phenoxy) is 1. The number of rotatable bonds is 7. The molecule has 1 aliphatic rings. The normalized spacial score (nSPS) is 21.5. The van der Waals surface area contributed by atoms with Gasteiger partial charge in [-0.15, -0.1) is 0 Å². The first-order chi connectivity index (χ1) is 15.8. The maximum absolute atomic E-state index is 14.5. The standard InChI is InChI=1S/C21H27FN4O2/c1-14(11-15(2)27)16-5-7-17(8-6-16)28-18-9-10-26(13-18)20-19(22)12-23-21(24-20)25(3)4/h5-8,12,14,18H,9-11,13H2,1-4H3/t14-,18-/m1/s1/i3D3,4D3. The van der Waals surface area contributed by atoms with Crippen LogP contribution in [-0.2, 0) is 4.79 Å². The zero-order chi connectivity index (χ0) is 25.3. The van der Waals surface area contributed by atoms with Gasteiger partial charge in [0, 0.05) is 41.6 Å². The first-order valence-electron chi connectivity index (χ1n) is 12.1. The molecule has 2 heterocycles. The van der Waals surface area contributed by atoms with Crippen LogP contribution in [0.5, 0.6) is 5.75 Å². The zero-order valence-corrected chi connectivity index (χ0v) is 15.9. The lowest BCUT2D eigenvalue weighted by Gasteiger charge is -2.20. The number of ketones is 1. The maximum atomic E-state index is 14.5. The van der Waals surface area contributed by atoms with Crippen molar-refractivity contribution in [3.8, 4) is 5.75 Å². The Hall–Kier alpha value is -2.70. The third kappa shape index (κ3) is 4.77. The second kappa shape index (κ2) is 8.54. The van der Waals surface area contributed by atoms with Gasteiger partial charge in [0.2, 0.25) is 5.95 Å². The Kier molecular flexibility index (Phi) is 4.11. The molecule has 2 atom stereocenters. The van der Waals surface area contributed by atoms with Crippen LogP contribution >= 0.6 is 0 Å². The lowest BCUT2D eigenvalue weighted by Crippen LogP contribution is -2.27. The number of Topliss-reactive ketones (excluding diaryl/α,β-unsaturated/α-hetero) is 1. The van der Waals surface area contributed by atoms with Crippen molar-refractivity contribution in [2.75, 3.05) is 36.8 Å². The van der Waals surface area contributed by atoms with Crippen molar-refractivity contribution in [3.05, 3.63) is 41.8 Å². The van der Waals surface area contributed by atoms with E-state index in [4.69, 9.17) is 13.0 Å². The van der Waals surface area contributed by atoms with Crippen molar-refractivity contribution in [3.63, 3.8) is 0 Å². The summed E-state index contributed by atoms with van der Waals surface area (Å²) in [5, 5.41) is 0. The summed E-state index contributed by atoms with van der Waals surface area (Å²) in [6, 6.07) is 7.46. The number of carbonyl (C=O) groups is 1. The minimum Gasteiger partial charge on any atom is -0.489 e. The summed E-state index contributed by atoms with van der Waals surface area (Å²) in [5.41, 5.74) is 1.03. The summed E-state index contributed by atoms with van der Waals surface area (Å²) < 4.78 is 65.7. The fraction of sp³-hybridized carbons (Fsp3) is 0.476. The molecule has 1 aliphatic heterocycles. The molecule has 0 N–H and O–H groups in total. The zero-order valence-electron chi connectivity index (χ0n) is 21.9. The van der Waals surface area contributed by atoms with Gasteiger partial charge in [-0.25, -0.2) is 9.37 Å². The highest BCUT2D eigenvalue weighted by Gasteiger charge is 2.27. The molecule has 150 valence electrons. The lowest BCUT2D eigenvalue weighted by atomic mass is 9.96. The summed E-state index contributed by atoms with van der Waals surface area (Å²) >= 11 is 0. The first-order valence-corrected chi connectivity index (χ1v) is 9.09. The Balaban J connectivity index is 1.72. The number of carbonyl (C=O) groups excluding carboxylic acids is 1. The van der Waals surface area contributed by atoms with E-state index in [0.717, 1.165) is 11.8 Å². The Morgan fingerprint density at radius 1 is 1.43 bits per heavy atom. The number of hydrogen-bond acceptors (Lipinski definition) is 6. The highest BCUT2D eigenvalue weighted by atomic mass is 19.1. The van der Waals surface area contributed by atoms with Gasteiger partial charge < -0.3 is 19.3 Å². The third-order valence-corrected chi connectivity index (χ3v) is 4.70. The van der Waals surface area contributed by atoms with Gasteiger partial charge in [-0.05, 0) is 30.5 Å². The van der Waals surface area contributed by atoms with Crippen LogP contribution in [0.4, 0.5) is 16.2 Å². The van der Waals surface area contributed by atoms with Crippen LogP contribution in [0.2, 0.25) is 0 Å². The number of benzene rings is 1. The van der Waals surface area contributed by atoms with Gasteiger partial charge in [-0.3, -0.25) is 0 Å². The van der Waals surface area contributed by atoms with E-state index in [1.54, 1.807) is 11.8 Å². The number of halogens is 1. The van der Waals surface area contributed by atoms with Crippen molar-refractivity contribution in [1.82, 2.24) is 9.97 Å². The van der Waals surface area contributed by atoms with Crippen LogP contribution in [0.15, 0.2) is 30.5 Å². The molecule has 0 spiro atoms. The smallest absolute Gasteiger partial charge is 0.226 e. The Morgan fingerprint density at radius 2 is 2.18 bits per heavy atom. The van der Waals surface area contributed by atoms with Crippen LogP contribution in [0.3, 0.4) is 0 Å². The van der Waals surface area contributed by atoms with Gasteiger partial charge in [0.15, 0.2) is 11.6 Å². The second-order valence-electron chi connectivity index (χ2n) is 7.03. The minimum atomic E-state index is -3.04. The fourth-order valence-electron chi connectivity index (χ4n) is 3.31. The second-order valence-corrected chi connectivity index (χ2v) is 7.03. The molecular weight excluding hydrogens is 359 g/mol. The van der Waals surface area contributed by atoms with Crippen molar-refractivity contribution in [1.29, 1.82) is 0 Å². The van der Waals surface area contributed by atoms with E-state index in [9.17, 15) is 9.18 Å². The maximum Gasteiger partial charge on any atom is 0.226 e. The molecule has 2 aromatic rings. The van der Waals surface area contributed by atoms with Gasteiger partial charge in [0.25, 0.3) is 0 Å². The number of nitrogens with zero attached hydrogens (tertiary/aromatic N) is 4. The third-order valence-electron chi connectivity index (χ3n) is 4.70. The highest BCUT2D eigenvalue weighted by Crippen LogP contribution is 2.27.